The van der Waals surface area contributed by atoms with Crippen LogP contribution in [0.2, 0.25) is 10.3 Å². The van der Waals surface area contributed by atoms with Crippen LogP contribution in [0.1, 0.15) is 317 Å². The third-order valence-electron chi connectivity index (χ3n) is 29.5. The minimum absolute atomic E-state index is 0.194. The molecule has 0 aromatic carbocycles. The first-order chi connectivity index (χ1) is 68.2. The van der Waals surface area contributed by atoms with E-state index in [2.05, 4.69) is 331 Å². The van der Waals surface area contributed by atoms with E-state index in [-0.39, 0.29) is 12.8 Å². The van der Waals surface area contributed by atoms with Gasteiger partial charge in [0.25, 0.3) is 0 Å². The van der Waals surface area contributed by atoms with E-state index < -0.39 is 0 Å². The van der Waals surface area contributed by atoms with E-state index >= 15 is 0 Å². The van der Waals surface area contributed by atoms with Crippen molar-refractivity contribution in [2.24, 2.45) is 0 Å². The Morgan fingerprint density at radius 3 is 1.13 bits per heavy atom. The van der Waals surface area contributed by atoms with Crippen LogP contribution in [0, 0.1) is 27.7 Å². The highest BCUT2D eigenvalue weighted by atomic mass is 35.5. The summed E-state index contributed by atoms with van der Waals surface area (Å²) in [5.41, 5.74) is 25.7. The molecule has 1 aliphatic carbocycles. The number of nitrogens with zero attached hydrogens (tertiary/aromatic N) is 18. The van der Waals surface area contributed by atoms with Crippen LogP contribution in [0.25, 0.3) is 0 Å². The van der Waals surface area contributed by atoms with E-state index in [1.807, 2.05) is 52.3 Å². The fourth-order valence-electron chi connectivity index (χ4n) is 19.9. The fraction of sp³-hybridized carbons (Fsp3) is 0.621. The summed E-state index contributed by atoms with van der Waals surface area (Å²) in [5, 5.41) is 16.1. The molecule has 0 radical (unpaired) electrons. The highest BCUT2D eigenvalue weighted by Crippen LogP contribution is 2.40. The number of fused-ring (bicyclic) bond motifs is 10. The maximum Gasteiger partial charge on any atom is 0.373 e. The molecule has 10 aromatic heterocycles. The number of rotatable bonds is 14. The third kappa shape index (κ3) is 35.2. The van der Waals surface area contributed by atoms with E-state index in [0.717, 1.165) is 172 Å². The van der Waals surface area contributed by atoms with Crippen LogP contribution in [-0.4, -0.2) is 226 Å². The molecule has 1 saturated carbocycles. The van der Waals surface area contributed by atoms with Crippen LogP contribution in [0.15, 0.2) is 85.2 Å². The largest absolute Gasteiger partial charge is 0.391 e. The van der Waals surface area contributed by atoms with Gasteiger partial charge in [0, 0.05) is 322 Å². The monoisotopic (exact) mass is 2070 g/mol. The molecular formula is C116H174Cl2N18O3S4. The molecule has 1 fully saturated rings. The van der Waals surface area contributed by atoms with E-state index in [1.165, 1.54) is 175 Å². The Kier molecular flexibility index (Phi) is 46.2. The number of aromatic nitrogens is 8. The van der Waals surface area contributed by atoms with Crippen LogP contribution in [0.3, 0.4) is 0 Å². The van der Waals surface area contributed by atoms with Gasteiger partial charge in [0.2, 0.25) is 0 Å². The molecule has 0 unspecified atom stereocenters. The molecule has 0 saturated heterocycles. The Morgan fingerprint density at radius 1 is 0.343 bits per heavy atom. The second kappa shape index (κ2) is 56.7. The van der Waals surface area contributed by atoms with Gasteiger partial charge in [0.05, 0.1) is 23.0 Å². The number of halogens is 2. The zero-order chi connectivity index (χ0) is 104. The molecule has 20 heterocycles. The van der Waals surface area contributed by atoms with Crippen LogP contribution in [-0.2, 0) is 159 Å². The molecule has 27 heteroatoms. The maximum atomic E-state index is 9.06. The predicted molar refractivity (Wildman–Crippen MR) is 598 cm³/mol. The number of carbonyl (C=O) groups excluding carboxylic acids is 2. The summed E-state index contributed by atoms with van der Waals surface area (Å²) in [6, 6.07) is 32.6. The molecule has 10 aliphatic heterocycles. The summed E-state index contributed by atoms with van der Waals surface area (Å²) < 4.78 is 2.05. The van der Waals surface area contributed by atoms with E-state index in [4.69, 9.17) is 42.9 Å². The number of thiophene rings is 3. The van der Waals surface area contributed by atoms with Gasteiger partial charge in [-0.15, -0.1) is 45.3 Å². The zero-order valence-electron chi connectivity index (χ0n) is 91.9. The van der Waals surface area contributed by atoms with Gasteiger partial charge in [-0.3, -0.25) is 68.6 Å². The lowest BCUT2D eigenvalue weighted by molar-refractivity contribution is -0.191. The van der Waals surface area contributed by atoms with Crippen molar-refractivity contribution in [3.8, 4) is 0 Å². The van der Waals surface area contributed by atoms with E-state index in [0.29, 0.717) is 70.7 Å². The average Bonchev–Trinajstić information content (AvgIpc) is 1.75. The first-order valence-electron chi connectivity index (χ1n) is 53.7. The van der Waals surface area contributed by atoms with Gasteiger partial charge in [-0.1, -0.05) is 54.4 Å². The van der Waals surface area contributed by atoms with Crippen molar-refractivity contribution < 1.29 is 14.7 Å². The van der Waals surface area contributed by atoms with Gasteiger partial charge in [-0.25, -0.2) is 15.0 Å². The number of pyridine rings is 5. The number of hydrogen-bond donors (Lipinski definition) is 1. The Hall–Kier alpha value is -6.79. The Labute approximate surface area is 886 Å². The molecule has 1 N–H and O–H groups in total. The number of aliphatic hydroxyl groups is 1. The number of hydrogen-bond acceptors (Lipinski definition) is 24. The molecular weight excluding hydrogens is 1890 g/mol. The lowest BCUT2D eigenvalue weighted by Gasteiger charge is -2.31. The van der Waals surface area contributed by atoms with Crippen molar-refractivity contribution in [3.05, 3.63) is 242 Å². The van der Waals surface area contributed by atoms with Crippen molar-refractivity contribution in [2.45, 2.75) is 408 Å². The van der Waals surface area contributed by atoms with Crippen molar-refractivity contribution in [1.29, 1.82) is 0 Å². The minimum atomic E-state index is 0.194. The molecule has 0 bridgehead atoms. The normalized spacial score (nSPS) is 17.5. The first-order valence-corrected chi connectivity index (χ1v) is 57.8. The summed E-state index contributed by atoms with van der Waals surface area (Å²) in [6.45, 7) is 81.6. The molecule has 143 heavy (non-hydrogen) atoms. The summed E-state index contributed by atoms with van der Waals surface area (Å²) in [4.78, 5) is 78.6. The highest BCUT2D eigenvalue weighted by molar-refractivity contribution is 7.13. The number of aliphatic hydroxyl groups excluding tert-OH is 1. The van der Waals surface area contributed by atoms with Crippen LogP contribution in [0.4, 0.5) is 0 Å². The summed E-state index contributed by atoms with van der Waals surface area (Å²) in [6.07, 6.45) is 19.7. The zero-order valence-corrected chi connectivity index (χ0v) is 96.7. The van der Waals surface area contributed by atoms with Crippen LogP contribution < -0.4 is 0 Å². The Morgan fingerprint density at radius 2 is 0.699 bits per heavy atom. The van der Waals surface area contributed by atoms with Crippen molar-refractivity contribution in [3.63, 3.8) is 0 Å². The molecule has 21 nitrogen and oxygen atoms in total. The molecule has 0 amide bonds. The smallest absolute Gasteiger partial charge is 0.373 e. The average molecular weight is 2070 g/mol. The summed E-state index contributed by atoms with van der Waals surface area (Å²) in [7, 11) is 0. The van der Waals surface area contributed by atoms with Gasteiger partial charge >= 0.3 is 6.15 Å². The quantitative estimate of drug-likeness (QED) is 0.101. The SMILES string of the molecule is CC(C)N1CCc2cc(Cl)ncc2C1.CC(C)N1CCc2nc(C3CC3)ccc2C1.CC(C)N1CCc2nc(Cl)ccc2C1.CC(C)N1CCc2sc(CO)cc2C1.CCc1cc2c(s1)CCN(C(C)C)C2.CCn1cc2c(n1)CN(C(C)C)CC2.Cc1cc2c(s1)CCN(C(C)C)C2.Cc1ccc2c(n1)CCN(C(C)C)C2.Cc1ccc2c(n1)CCN(C(C)C)C2.Cc1nc2c(s1)CN(C(C)C)CC2.O=C=O. The first kappa shape index (κ1) is 116. The highest BCUT2D eigenvalue weighted by Gasteiger charge is 2.31. The maximum absolute atomic E-state index is 9.06. The Balaban J connectivity index is 0.000000151. The number of thiazole rings is 1. The van der Waals surface area contributed by atoms with Crippen molar-refractivity contribution >= 4 is 74.7 Å². The van der Waals surface area contributed by atoms with Crippen molar-refractivity contribution in [1.82, 2.24) is 88.7 Å². The Bertz CT molecular complexity index is 5140. The summed E-state index contributed by atoms with van der Waals surface area (Å²) >= 11 is 19.3. The number of aryl methyl sites for hydroxylation is 6. The standard InChI is InChI=1S/C14H20N2.2C12H18N2.C12H19NS.2C11H15ClN2.C11H19N3.C11H17NOS.C11H17NS.C10H16N2S.CO2/c1-10(2)16-8-7-14-12(9-16)5-6-13(15-14)11-3-4-11;2*1-9(2)14-7-6-12-11(8-14)5-4-10(3)13-12;1-4-11-7-10-8-13(9(2)3)6-5-12(10)14-11;1-8(2)14-4-3-9-5-11(12)13-6-10(9)7-14;1-8(2)14-6-5-10-9(7-14)3-4-11(12)13-10;1-4-14-7-10-5-6-13(9(2)3)8-11(10)12-14;1-8(2)12-4-3-11-9(6-12)5-10(7-13)14-11;1-8(2)12-5-4-11-10(7-12)6-9(3)13-11;1-7(2)12-5-4-9-10(6-12)13-8(3)11-9;2-1-3/h5-6,10-11H,3-4,7-9H2,1-2H3;2*4-5,9H,6-8H2,1-3H3;7,9H,4-6,8H2,1-3H3;5-6,8H,3-4,7H2,1-2H3;3-4,8H,5-7H2,1-2H3;7,9H,4-6,8H2,1-3H3;5,8,13H,3-4,6-7H2,1-2H3;6,8H,4-5,7H2,1-3H3;7H,4-6H2,1-3H3;. The molecule has 10 aromatic rings. The van der Waals surface area contributed by atoms with Gasteiger partial charge in [0.1, 0.15) is 10.3 Å². The van der Waals surface area contributed by atoms with Crippen molar-refractivity contribution in [2.75, 3.05) is 65.4 Å². The van der Waals surface area contributed by atoms with Crippen LogP contribution in [0.5, 0.6) is 0 Å². The topological polar surface area (TPSA) is 182 Å². The minimum Gasteiger partial charge on any atom is -0.391 e. The lowest BCUT2D eigenvalue weighted by atomic mass is 10.0. The van der Waals surface area contributed by atoms with E-state index in [9.17, 15) is 0 Å². The third-order valence-corrected chi connectivity index (χ3v) is 34.7. The molecule has 784 valence electrons. The van der Waals surface area contributed by atoms with Crippen LogP contribution >= 0.6 is 68.5 Å². The summed E-state index contributed by atoms with van der Waals surface area (Å²) in [5.74, 6) is 0.786. The second-order valence-corrected chi connectivity index (χ2v) is 49.0. The lowest BCUT2D eigenvalue weighted by Crippen LogP contribution is -2.36. The second-order valence-electron chi connectivity index (χ2n) is 43.2. The van der Waals surface area contributed by atoms with Gasteiger partial charge < -0.3 is 5.11 Å². The van der Waals surface area contributed by atoms with Gasteiger partial charge in [-0.2, -0.15) is 14.7 Å². The molecule has 0 atom stereocenters. The molecule has 21 rings (SSSR count). The van der Waals surface area contributed by atoms with Gasteiger partial charge in [0.15, 0.2) is 0 Å². The predicted octanol–water partition coefficient (Wildman–Crippen LogP) is 23.3. The fourth-order valence-corrected chi connectivity index (χ4v) is 24.4. The molecule has 0 spiro atoms. The van der Waals surface area contributed by atoms with Gasteiger partial charge in [-0.05, 0) is 329 Å². The molecule has 11 aliphatic rings. The van der Waals surface area contributed by atoms with E-state index in [1.54, 1.807) is 37.1 Å².